The highest BCUT2D eigenvalue weighted by molar-refractivity contribution is 5.94. The Labute approximate surface area is 140 Å². The van der Waals surface area contributed by atoms with E-state index in [0.717, 1.165) is 18.4 Å². The third-order valence-corrected chi connectivity index (χ3v) is 4.75. The van der Waals surface area contributed by atoms with E-state index in [1.807, 2.05) is 12.1 Å². The number of piperidine rings is 1. The van der Waals surface area contributed by atoms with Gasteiger partial charge >= 0.3 is 0 Å². The van der Waals surface area contributed by atoms with Crippen molar-refractivity contribution in [1.29, 1.82) is 0 Å². The third-order valence-electron chi connectivity index (χ3n) is 4.75. The molecule has 0 spiro atoms. The van der Waals surface area contributed by atoms with Gasteiger partial charge in [-0.15, -0.1) is 0 Å². The molecule has 0 aliphatic carbocycles. The van der Waals surface area contributed by atoms with Crippen LogP contribution < -0.4 is 11.3 Å². The molecule has 3 heterocycles. The molecule has 6 heteroatoms. The number of hydrogen-bond donors (Lipinski definition) is 2. The van der Waals surface area contributed by atoms with Crippen molar-refractivity contribution >= 4 is 5.91 Å². The monoisotopic (exact) mass is 326 g/mol. The molecule has 2 aromatic heterocycles. The van der Waals surface area contributed by atoms with Gasteiger partial charge in [0.05, 0.1) is 0 Å². The van der Waals surface area contributed by atoms with E-state index in [4.69, 9.17) is 5.73 Å². The summed E-state index contributed by atoms with van der Waals surface area (Å²) in [4.78, 5) is 33.8. The molecular weight excluding hydrogens is 304 g/mol. The van der Waals surface area contributed by atoms with E-state index in [1.165, 1.54) is 0 Å². The van der Waals surface area contributed by atoms with Crippen LogP contribution in [0, 0.1) is 5.92 Å². The number of hydrogen-bond acceptors (Lipinski definition) is 4. The van der Waals surface area contributed by atoms with Crippen molar-refractivity contribution in [2.75, 3.05) is 13.1 Å². The number of H-pyrrole nitrogens is 1. The molecule has 0 aromatic carbocycles. The average Bonchev–Trinajstić information content (AvgIpc) is 2.61. The number of rotatable bonds is 3. The summed E-state index contributed by atoms with van der Waals surface area (Å²) in [5.41, 5.74) is 7.17. The Morgan fingerprint density at radius 1 is 1.33 bits per heavy atom. The minimum absolute atomic E-state index is 0.00877. The number of amides is 1. The Balaban J connectivity index is 1.89. The summed E-state index contributed by atoms with van der Waals surface area (Å²) >= 11 is 0. The van der Waals surface area contributed by atoms with Crippen molar-refractivity contribution in [3.8, 4) is 11.3 Å². The molecule has 1 aliphatic rings. The number of aromatic amines is 1. The van der Waals surface area contributed by atoms with Crippen LogP contribution in [-0.2, 0) is 0 Å². The molecule has 1 aliphatic heterocycles. The standard InChI is InChI=1S/C18H22N4O2/c1-12-3-2-10-22(16(12)11-19)18(24)14-4-5-15(21-17(14)23)13-6-8-20-9-7-13/h4-9,12,16H,2-3,10-11,19H2,1H3,(H,21,23). The number of aromatic nitrogens is 2. The highest BCUT2D eigenvalue weighted by atomic mass is 16.2. The summed E-state index contributed by atoms with van der Waals surface area (Å²) in [6.07, 6.45) is 5.32. The fraction of sp³-hybridized carbons (Fsp3) is 0.389. The van der Waals surface area contributed by atoms with Gasteiger partial charge in [0.1, 0.15) is 5.56 Å². The molecule has 6 nitrogen and oxygen atoms in total. The first-order valence-electron chi connectivity index (χ1n) is 8.26. The highest BCUT2D eigenvalue weighted by Gasteiger charge is 2.32. The lowest BCUT2D eigenvalue weighted by Crippen LogP contribution is -2.52. The predicted molar refractivity (Wildman–Crippen MR) is 92.6 cm³/mol. The number of pyridine rings is 2. The van der Waals surface area contributed by atoms with Gasteiger partial charge in [-0.3, -0.25) is 14.6 Å². The van der Waals surface area contributed by atoms with Gasteiger partial charge in [-0.2, -0.15) is 0 Å². The van der Waals surface area contributed by atoms with Crippen LogP contribution in [0.1, 0.15) is 30.1 Å². The van der Waals surface area contributed by atoms with Crippen molar-refractivity contribution in [1.82, 2.24) is 14.9 Å². The molecule has 0 saturated carbocycles. The Morgan fingerprint density at radius 2 is 2.08 bits per heavy atom. The van der Waals surface area contributed by atoms with Crippen LogP contribution in [0.15, 0.2) is 41.5 Å². The maximum absolute atomic E-state index is 12.8. The van der Waals surface area contributed by atoms with Crippen LogP contribution >= 0.6 is 0 Å². The molecule has 24 heavy (non-hydrogen) atoms. The zero-order chi connectivity index (χ0) is 17.1. The van der Waals surface area contributed by atoms with Crippen LogP contribution in [0.5, 0.6) is 0 Å². The normalized spacial score (nSPS) is 20.8. The minimum Gasteiger partial charge on any atom is -0.334 e. The molecule has 0 radical (unpaired) electrons. The van der Waals surface area contributed by atoms with Gasteiger partial charge in [0.25, 0.3) is 11.5 Å². The molecule has 2 atom stereocenters. The smallest absolute Gasteiger partial charge is 0.261 e. The van der Waals surface area contributed by atoms with Crippen molar-refractivity contribution in [2.45, 2.75) is 25.8 Å². The lowest BCUT2D eigenvalue weighted by atomic mass is 9.90. The van der Waals surface area contributed by atoms with Crippen LogP contribution in [-0.4, -0.2) is 39.9 Å². The van der Waals surface area contributed by atoms with E-state index < -0.39 is 0 Å². The number of nitrogens with zero attached hydrogens (tertiary/aromatic N) is 2. The Hall–Kier alpha value is -2.47. The Bertz CT molecular complexity index is 772. The van der Waals surface area contributed by atoms with Crippen molar-refractivity contribution in [3.05, 3.63) is 52.6 Å². The molecule has 2 unspecified atom stereocenters. The Kier molecular flexibility index (Phi) is 4.76. The second-order valence-corrected chi connectivity index (χ2v) is 6.27. The Morgan fingerprint density at radius 3 is 2.75 bits per heavy atom. The largest absolute Gasteiger partial charge is 0.334 e. The van der Waals surface area contributed by atoms with E-state index in [1.54, 1.807) is 29.4 Å². The quantitative estimate of drug-likeness (QED) is 0.897. The van der Waals surface area contributed by atoms with E-state index in [0.29, 0.717) is 24.7 Å². The van der Waals surface area contributed by atoms with Gasteiger partial charge in [0.2, 0.25) is 0 Å². The van der Waals surface area contributed by atoms with Crippen LogP contribution in [0.3, 0.4) is 0 Å². The molecule has 3 rings (SSSR count). The number of carbonyl (C=O) groups is 1. The number of likely N-dealkylation sites (tertiary alicyclic amines) is 1. The summed E-state index contributed by atoms with van der Waals surface area (Å²) in [6.45, 7) is 3.17. The van der Waals surface area contributed by atoms with E-state index >= 15 is 0 Å². The summed E-state index contributed by atoms with van der Waals surface area (Å²) in [7, 11) is 0. The van der Waals surface area contributed by atoms with Crippen LogP contribution in [0.2, 0.25) is 0 Å². The summed E-state index contributed by atoms with van der Waals surface area (Å²) in [5.74, 6) is 0.113. The molecule has 3 N–H and O–H groups in total. The van der Waals surface area contributed by atoms with Gasteiger partial charge in [0, 0.05) is 42.8 Å². The van der Waals surface area contributed by atoms with Crippen LogP contribution in [0.25, 0.3) is 11.3 Å². The lowest BCUT2D eigenvalue weighted by Gasteiger charge is -2.39. The summed E-state index contributed by atoms with van der Waals surface area (Å²) < 4.78 is 0. The summed E-state index contributed by atoms with van der Waals surface area (Å²) in [6, 6.07) is 6.97. The predicted octanol–water partition coefficient (Wildman–Crippen LogP) is 1.64. The van der Waals surface area contributed by atoms with E-state index in [-0.39, 0.29) is 23.1 Å². The van der Waals surface area contributed by atoms with Gasteiger partial charge in [0.15, 0.2) is 0 Å². The van der Waals surface area contributed by atoms with Gasteiger partial charge in [-0.25, -0.2) is 0 Å². The topological polar surface area (TPSA) is 92.1 Å². The number of nitrogens with two attached hydrogens (primary N) is 1. The molecule has 1 fully saturated rings. The second-order valence-electron chi connectivity index (χ2n) is 6.27. The zero-order valence-electron chi connectivity index (χ0n) is 13.7. The molecule has 0 bridgehead atoms. The minimum atomic E-state index is -0.372. The van der Waals surface area contributed by atoms with Crippen LogP contribution in [0.4, 0.5) is 0 Å². The summed E-state index contributed by atoms with van der Waals surface area (Å²) in [5, 5.41) is 0. The first-order valence-corrected chi connectivity index (χ1v) is 8.26. The average molecular weight is 326 g/mol. The van der Waals surface area contributed by atoms with Gasteiger partial charge < -0.3 is 15.6 Å². The van der Waals surface area contributed by atoms with Gasteiger partial charge in [-0.05, 0) is 43.0 Å². The maximum Gasteiger partial charge on any atom is 0.261 e. The fourth-order valence-corrected chi connectivity index (χ4v) is 3.36. The van der Waals surface area contributed by atoms with E-state index in [9.17, 15) is 9.59 Å². The van der Waals surface area contributed by atoms with Crippen molar-refractivity contribution < 1.29 is 4.79 Å². The maximum atomic E-state index is 12.8. The SMILES string of the molecule is CC1CCCN(C(=O)c2ccc(-c3ccncc3)[nH]c2=O)C1CN. The molecule has 126 valence electrons. The zero-order valence-corrected chi connectivity index (χ0v) is 13.7. The van der Waals surface area contributed by atoms with Crippen molar-refractivity contribution in [3.63, 3.8) is 0 Å². The molecule has 1 amide bonds. The molecule has 1 saturated heterocycles. The van der Waals surface area contributed by atoms with E-state index in [2.05, 4.69) is 16.9 Å². The van der Waals surface area contributed by atoms with Crippen molar-refractivity contribution in [2.24, 2.45) is 11.7 Å². The molecule has 2 aromatic rings. The first-order chi connectivity index (χ1) is 11.6. The number of carbonyl (C=O) groups excluding carboxylic acids is 1. The van der Waals surface area contributed by atoms with Gasteiger partial charge in [-0.1, -0.05) is 6.92 Å². The first kappa shape index (κ1) is 16.4. The lowest BCUT2D eigenvalue weighted by molar-refractivity contribution is 0.0531. The molecular formula is C18H22N4O2. The second kappa shape index (κ2) is 6.97. The fourth-order valence-electron chi connectivity index (χ4n) is 3.36. The third kappa shape index (κ3) is 3.10. The highest BCUT2D eigenvalue weighted by Crippen LogP contribution is 2.24. The number of nitrogens with one attached hydrogen (secondary N) is 1.